The second-order valence-electron chi connectivity index (χ2n) is 9.36. The van der Waals surface area contributed by atoms with E-state index in [0.717, 1.165) is 12.8 Å². The van der Waals surface area contributed by atoms with Crippen LogP contribution in [0.4, 0.5) is 24.5 Å². The maximum atomic E-state index is 13.1. The number of hydrogen-bond donors (Lipinski definition) is 2. The summed E-state index contributed by atoms with van der Waals surface area (Å²) in [5.74, 6) is -0.976. The summed E-state index contributed by atoms with van der Waals surface area (Å²) in [6, 6.07) is 18.8. The third kappa shape index (κ3) is 7.53. The van der Waals surface area contributed by atoms with Gasteiger partial charge in [0.15, 0.2) is 0 Å². The molecule has 0 radical (unpaired) electrons. The fourth-order valence-corrected chi connectivity index (χ4v) is 5.17. The van der Waals surface area contributed by atoms with Crippen LogP contribution >= 0.6 is 0 Å². The fraction of sp³-hybridized carbons (Fsp3) is 0.250. The molecule has 39 heavy (non-hydrogen) atoms. The summed E-state index contributed by atoms with van der Waals surface area (Å²) < 4.78 is 64.5. The first kappa shape index (κ1) is 28.0. The Bertz CT molecular complexity index is 1450. The fourth-order valence-electron chi connectivity index (χ4n) is 3.93. The normalized spacial score (nSPS) is 13.5. The first-order chi connectivity index (χ1) is 18.4. The molecule has 204 valence electrons. The summed E-state index contributed by atoms with van der Waals surface area (Å²) in [5, 5.41) is 10.3. The molecule has 2 N–H and O–H groups in total. The Labute approximate surface area is 224 Å². The molecular formula is C28H26F3N3O4S. The highest BCUT2D eigenvalue weighted by molar-refractivity contribution is 8.06. The number of hydrogen-bond acceptors (Lipinski definition) is 5. The Morgan fingerprint density at radius 3 is 2.10 bits per heavy atom. The molecule has 4 rings (SSSR count). The van der Waals surface area contributed by atoms with Crippen LogP contribution in [0.15, 0.2) is 83.8 Å². The number of carbonyl (C=O) groups excluding carboxylic acids is 2. The van der Waals surface area contributed by atoms with E-state index >= 15 is 0 Å². The smallest absolute Gasteiger partial charge is 0.326 e. The van der Waals surface area contributed by atoms with Gasteiger partial charge in [0.05, 0.1) is 11.3 Å². The van der Waals surface area contributed by atoms with Crippen molar-refractivity contribution in [1.82, 2.24) is 0 Å². The molecule has 11 heteroatoms. The molecule has 0 saturated heterocycles. The van der Waals surface area contributed by atoms with Gasteiger partial charge in [-0.1, -0.05) is 30.3 Å². The lowest BCUT2D eigenvalue weighted by molar-refractivity contribution is -0.118. The third-order valence-electron chi connectivity index (χ3n) is 6.16. The number of halogens is 3. The summed E-state index contributed by atoms with van der Waals surface area (Å²) in [4.78, 5) is 26.0. The Balaban J connectivity index is 1.38. The number of amides is 2. The molecule has 1 aliphatic rings. The van der Waals surface area contributed by atoms with Gasteiger partial charge in [0, 0.05) is 23.4 Å². The predicted molar refractivity (Wildman–Crippen MR) is 142 cm³/mol. The van der Waals surface area contributed by atoms with Crippen LogP contribution < -0.4 is 10.2 Å². The molecule has 2 amide bonds. The number of sulfone groups is 1. The van der Waals surface area contributed by atoms with Crippen LogP contribution in [0.25, 0.3) is 0 Å². The molecule has 0 aliphatic heterocycles. The second-order valence-corrected chi connectivity index (χ2v) is 11.3. The molecule has 1 fully saturated rings. The van der Waals surface area contributed by atoms with E-state index in [0.29, 0.717) is 16.2 Å². The van der Waals surface area contributed by atoms with Crippen molar-refractivity contribution in [2.45, 2.75) is 36.8 Å². The minimum atomic E-state index is -4.60. The summed E-state index contributed by atoms with van der Waals surface area (Å²) in [7, 11) is -3.84. The van der Waals surface area contributed by atoms with Gasteiger partial charge in [-0.05, 0) is 72.9 Å². The number of alkyl halides is 3. The van der Waals surface area contributed by atoms with Gasteiger partial charge < -0.3 is 5.32 Å². The lowest BCUT2D eigenvalue weighted by Gasteiger charge is -2.24. The molecule has 0 spiro atoms. The molecule has 7 nitrogen and oxygen atoms in total. The zero-order valence-electron chi connectivity index (χ0n) is 20.7. The highest BCUT2D eigenvalue weighted by Gasteiger charge is 2.34. The monoisotopic (exact) mass is 557 g/mol. The zero-order valence-corrected chi connectivity index (χ0v) is 21.6. The van der Waals surface area contributed by atoms with Gasteiger partial charge in [0.2, 0.25) is 15.7 Å². The van der Waals surface area contributed by atoms with Gasteiger partial charge in [0.1, 0.15) is 11.6 Å². The van der Waals surface area contributed by atoms with E-state index in [1.807, 2.05) is 0 Å². The standard InChI is InChI=1S/C28H26F3N3O4S/c29-28(30,31)18-34(23-4-2-1-3-5-23)27(36)21-10-12-22(13-11-21)33-26(35)17-20-8-14-24(15-9-20)39(37,38)25(32)16-19-6-7-19/h1-5,8-15,19,32H,6-7,16-18H2,(H,33,35). The second kappa shape index (κ2) is 11.4. The number of nitrogens with one attached hydrogen (secondary N) is 2. The van der Waals surface area contributed by atoms with E-state index in [9.17, 15) is 31.2 Å². The third-order valence-corrected chi connectivity index (χ3v) is 7.87. The first-order valence-corrected chi connectivity index (χ1v) is 13.7. The number of para-hydroxylation sites is 1. The summed E-state index contributed by atoms with van der Waals surface area (Å²) >= 11 is 0. The highest BCUT2D eigenvalue weighted by atomic mass is 32.2. The molecule has 0 heterocycles. The van der Waals surface area contributed by atoms with E-state index in [1.165, 1.54) is 72.8 Å². The molecule has 0 atom stereocenters. The van der Waals surface area contributed by atoms with E-state index in [4.69, 9.17) is 5.41 Å². The van der Waals surface area contributed by atoms with Crippen molar-refractivity contribution in [2.24, 2.45) is 5.92 Å². The topological polar surface area (TPSA) is 107 Å². The summed E-state index contributed by atoms with van der Waals surface area (Å²) in [5.41, 5.74) is 1.02. The zero-order chi connectivity index (χ0) is 28.2. The molecule has 1 saturated carbocycles. The number of carbonyl (C=O) groups is 2. The minimum Gasteiger partial charge on any atom is -0.326 e. The van der Waals surface area contributed by atoms with Crippen LogP contribution in [-0.4, -0.2) is 38.0 Å². The first-order valence-electron chi connectivity index (χ1n) is 12.2. The van der Waals surface area contributed by atoms with Gasteiger partial charge >= 0.3 is 6.18 Å². The Hall–Kier alpha value is -3.99. The van der Waals surface area contributed by atoms with Gasteiger partial charge in [-0.15, -0.1) is 0 Å². The molecule has 0 aromatic heterocycles. The van der Waals surface area contributed by atoms with Crippen LogP contribution in [0, 0.1) is 11.3 Å². The molecule has 0 bridgehead atoms. The number of benzene rings is 3. The van der Waals surface area contributed by atoms with Crippen molar-refractivity contribution in [2.75, 3.05) is 16.8 Å². The van der Waals surface area contributed by atoms with Gasteiger partial charge in [-0.3, -0.25) is 19.9 Å². The van der Waals surface area contributed by atoms with Crippen molar-refractivity contribution >= 4 is 38.1 Å². The number of anilines is 2. The quantitative estimate of drug-likeness (QED) is 0.263. The largest absolute Gasteiger partial charge is 0.406 e. The van der Waals surface area contributed by atoms with Crippen LogP contribution in [0.3, 0.4) is 0 Å². The molecule has 0 unspecified atom stereocenters. The molecule has 3 aromatic carbocycles. The van der Waals surface area contributed by atoms with Crippen LogP contribution in [0.5, 0.6) is 0 Å². The Morgan fingerprint density at radius 2 is 1.54 bits per heavy atom. The summed E-state index contributed by atoms with van der Waals surface area (Å²) in [6.07, 6.45) is -2.54. The van der Waals surface area contributed by atoms with Crippen LogP contribution in [-0.2, 0) is 21.1 Å². The van der Waals surface area contributed by atoms with Crippen molar-refractivity contribution < 1.29 is 31.2 Å². The predicted octanol–water partition coefficient (Wildman–Crippen LogP) is 5.63. The van der Waals surface area contributed by atoms with Gasteiger partial charge in [-0.2, -0.15) is 13.2 Å². The van der Waals surface area contributed by atoms with E-state index < -0.39 is 34.4 Å². The van der Waals surface area contributed by atoms with E-state index in [2.05, 4.69) is 5.32 Å². The SMILES string of the molecule is N=C(CC1CC1)S(=O)(=O)c1ccc(CC(=O)Nc2ccc(C(=O)N(CC(F)(F)F)c3ccccc3)cc2)cc1. The van der Waals surface area contributed by atoms with E-state index in [1.54, 1.807) is 6.07 Å². The Morgan fingerprint density at radius 1 is 0.923 bits per heavy atom. The van der Waals surface area contributed by atoms with Crippen molar-refractivity contribution in [3.63, 3.8) is 0 Å². The molecule has 3 aromatic rings. The number of rotatable bonds is 9. The van der Waals surface area contributed by atoms with E-state index in [-0.39, 0.29) is 39.9 Å². The number of nitrogens with zero attached hydrogens (tertiary/aromatic N) is 1. The maximum Gasteiger partial charge on any atom is 0.406 e. The molecular weight excluding hydrogens is 531 g/mol. The van der Waals surface area contributed by atoms with Crippen molar-refractivity contribution in [1.29, 1.82) is 5.41 Å². The van der Waals surface area contributed by atoms with Crippen LogP contribution in [0.1, 0.15) is 35.2 Å². The minimum absolute atomic E-state index is 0.00707. The maximum absolute atomic E-state index is 13.1. The lowest BCUT2D eigenvalue weighted by Crippen LogP contribution is -2.39. The molecule has 1 aliphatic carbocycles. The summed E-state index contributed by atoms with van der Waals surface area (Å²) in [6.45, 7) is -1.45. The Kier molecular flexibility index (Phi) is 8.19. The van der Waals surface area contributed by atoms with Crippen molar-refractivity contribution in [3.05, 3.63) is 90.0 Å². The van der Waals surface area contributed by atoms with Crippen LogP contribution in [0.2, 0.25) is 0 Å². The van der Waals surface area contributed by atoms with Gasteiger partial charge in [0.25, 0.3) is 5.91 Å². The van der Waals surface area contributed by atoms with Gasteiger partial charge in [-0.25, -0.2) is 8.42 Å². The van der Waals surface area contributed by atoms with Crippen molar-refractivity contribution in [3.8, 4) is 0 Å². The lowest BCUT2D eigenvalue weighted by atomic mass is 10.1. The average Bonchev–Trinajstić information content (AvgIpc) is 3.71. The average molecular weight is 558 g/mol. The highest BCUT2D eigenvalue weighted by Crippen LogP contribution is 2.34.